The Morgan fingerprint density at radius 1 is 0.600 bits per heavy atom. The lowest BCUT2D eigenvalue weighted by Crippen LogP contribution is -2.47. The van der Waals surface area contributed by atoms with Gasteiger partial charge in [0.2, 0.25) is 11.8 Å². The first kappa shape index (κ1) is 43.3. The molecule has 7 N–H and O–H groups in total. The molecular weight excluding hydrogens is 560 g/mol. The summed E-state index contributed by atoms with van der Waals surface area (Å²) in [7, 11) is 0. The SMILES string of the molecule is CCCCCCCCCCCCCCN(CCCCCCCCCCCC)C(=O)C(N)CCNC(=O)C(N)CCCN=C(C)N. The number of hydrogen-bond acceptors (Lipinski definition) is 5. The third kappa shape index (κ3) is 28.3. The molecule has 0 aliphatic carbocycles. The maximum absolute atomic E-state index is 13.3. The van der Waals surface area contributed by atoms with Gasteiger partial charge in [0.15, 0.2) is 0 Å². The van der Waals surface area contributed by atoms with Crippen molar-refractivity contribution in [3.8, 4) is 0 Å². The second kappa shape index (κ2) is 32.3. The van der Waals surface area contributed by atoms with Crippen LogP contribution in [-0.4, -0.2) is 60.8 Å². The predicted molar refractivity (Wildman–Crippen MR) is 194 cm³/mol. The molecule has 0 heterocycles. The molecule has 266 valence electrons. The van der Waals surface area contributed by atoms with Gasteiger partial charge < -0.3 is 27.4 Å². The van der Waals surface area contributed by atoms with Crippen LogP contribution in [0.3, 0.4) is 0 Å². The highest BCUT2D eigenvalue weighted by atomic mass is 16.2. The number of aliphatic imine (C=N–C) groups is 1. The second-order valence-electron chi connectivity index (χ2n) is 13.4. The van der Waals surface area contributed by atoms with Crippen LogP contribution in [0.2, 0.25) is 0 Å². The Bertz CT molecular complexity index is 713. The van der Waals surface area contributed by atoms with E-state index in [0.717, 1.165) is 38.8 Å². The summed E-state index contributed by atoms with van der Waals surface area (Å²) in [6.45, 7) is 8.76. The molecule has 2 unspecified atom stereocenters. The van der Waals surface area contributed by atoms with Crippen LogP contribution in [-0.2, 0) is 9.59 Å². The summed E-state index contributed by atoms with van der Waals surface area (Å²) >= 11 is 0. The number of hydrogen-bond donors (Lipinski definition) is 4. The van der Waals surface area contributed by atoms with Gasteiger partial charge in [-0.05, 0) is 39.0 Å². The lowest BCUT2D eigenvalue weighted by molar-refractivity contribution is -0.133. The molecule has 0 rings (SSSR count). The van der Waals surface area contributed by atoms with Gasteiger partial charge in [-0.2, -0.15) is 0 Å². The van der Waals surface area contributed by atoms with Gasteiger partial charge in [0, 0.05) is 26.2 Å². The molecule has 0 aromatic heterocycles. The normalized spacial score (nSPS) is 13.1. The second-order valence-corrected chi connectivity index (χ2v) is 13.4. The summed E-state index contributed by atoms with van der Waals surface area (Å²) in [5, 5.41) is 2.86. The van der Waals surface area contributed by atoms with Crippen LogP contribution in [0.15, 0.2) is 4.99 Å². The molecular formula is C37H76N6O2. The fourth-order valence-corrected chi connectivity index (χ4v) is 5.80. The topological polar surface area (TPSA) is 140 Å². The lowest BCUT2D eigenvalue weighted by Gasteiger charge is -2.26. The van der Waals surface area contributed by atoms with Crippen molar-refractivity contribution in [1.29, 1.82) is 0 Å². The molecule has 45 heavy (non-hydrogen) atoms. The third-order valence-corrected chi connectivity index (χ3v) is 8.82. The molecule has 0 bridgehead atoms. The highest BCUT2D eigenvalue weighted by Gasteiger charge is 2.21. The van der Waals surface area contributed by atoms with Crippen molar-refractivity contribution in [2.75, 3.05) is 26.2 Å². The van der Waals surface area contributed by atoms with Crippen LogP contribution < -0.4 is 22.5 Å². The van der Waals surface area contributed by atoms with E-state index in [-0.39, 0.29) is 11.8 Å². The quantitative estimate of drug-likeness (QED) is 0.0331. The van der Waals surface area contributed by atoms with Gasteiger partial charge in [0.05, 0.1) is 17.9 Å². The maximum atomic E-state index is 13.3. The molecule has 2 amide bonds. The zero-order valence-electron chi connectivity index (χ0n) is 30.1. The number of carbonyl (C=O) groups is 2. The van der Waals surface area contributed by atoms with Crippen molar-refractivity contribution in [3.63, 3.8) is 0 Å². The van der Waals surface area contributed by atoms with Gasteiger partial charge in [0.25, 0.3) is 0 Å². The Morgan fingerprint density at radius 2 is 1.00 bits per heavy atom. The molecule has 0 spiro atoms. The average molecular weight is 637 g/mol. The van der Waals surface area contributed by atoms with Crippen LogP contribution in [0.1, 0.15) is 181 Å². The summed E-state index contributed by atoms with van der Waals surface area (Å²) in [6.07, 6.45) is 30.1. The van der Waals surface area contributed by atoms with Gasteiger partial charge in [-0.25, -0.2) is 0 Å². The van der Waals surface area contributed by atoms with Gasteiger partial charge in [-0.15, -0.1) is 0 Å². The van der Waals surface area contributed by atoms with Gasteiger partial charge in [0.1, 0.15) is 0 Å². The van der Waals surface area contributed by atoms with Gasteiger partial charge in [-0.3, -0.25) is 14.6 Å². The van der Waals surface area contributed by atoms with E-state index in [4.69, 9.17) is 17.2 Å². The van der Waals surface area contributed by atoms with E-state index in [0.29, 0.717) is 38.2 Å². The maximum Gasteiger partial charge on any atom is 0.239 e. The van der Waals surface area contributed by atoms with Crippen molar-refractivity contribution in [3.05, 3.63) is 0 Å². The Balaban J connectivity index is 4.46. The first-order valence-electron chi connectivity index (χ1n) is 19.2. The summed E-state index contributed by atoms with van der Waals surface area (Å²) in [5.74, 6) is 0.345. The van der Waals surface area contributed by atoms with E-state index in [1.54, 1.807) is 6.92 Å². The Hall–Kier alpha value is -1.67. The molecule has 0 aliphatic heterocycles. The zero-order valence-corrected chi connectivity index (χ0v) is 30.1. The Morgan fingerprint density at radius 3 is 1.40 bits per heavy atom. The summed E-state index contributed by atoms with van der Waals surface area (Å²) in [5.41, 5.74) is 17.9. The Kier molecular flexibility index (Phi) is 31.1. The van der Waals surface area contributed by atoms with E-state index < -0.39 is 12.1 Å². The number of carbonyl (C=O) groups excluding carboxylic acids is 2. The molecule has 0 aromatic rings. The third-order valence-electron chi connectivity index (χ3n) is 8.82. The van der Waals surface area contributed by atoms with Crippen molar-refractivity contribution in [2.45, 2.75) is 193 Å². The smallest absolute Gasteiger partial charge is 0.239 e. The zero-order chi connectivity index (χ0) is 33.4. The number of nitrogens with zero attached hydrogens (tertiary/aromatic N) is 2. The van der Waals surface area contributed by atoms with Crippen molar-refractivity contribution in [1.82, 2.24) is 10.2 Å². The monoisotopic (exact) mass is 637 g/mol. The van der Waals surface area contributed by atoms with E-state index in [9.17, 15) is 9.59 Å². The number of amidine groups is 1. The molecule has 0 saturated carbocycles. The largest absolute Gasteiger partial charge is 0.388 e. The number of unbranched alkanes of at least 4 members (excludes halogenated alkanes) is 20. The minimum Gasteiger partial charge on any atom is -0.388 e. The summed E-state index contributed by atoms with van der Waals surface area (Å²) in [6, 6.07) is -1.20. The van der Waals surface area contributed by atoms with Gasteiger partial charge in [-0.1, -0.05) is 142 Å². The molecule has 0 aliphatic rings. The van der Waals surface area contributed by atoms with Crippen LogP contribution in [0.4, 0.5) is 0 Å². The van der Waals surface area contributed by atoms with Crippen molar-refractivity contribution < 1.29 is 9.59 Å². The van der Waals surface area contributed by atoms with Crippen LogP contribution in [0, 0.1) is 0 Å². The highest BCUT2D eigenvalue weighted by molar-refractivity contribution is 5.83. The van der Waals surface area contributed by atoms with Crippen molar-refractivity contribution >= 4 is 17.6 Å². The minimum atomic E-state index is -0.608. The van der Waals surface area contributed by atoms with E-state index in [2.05, 4.69) is 24.2 Å². The predicted octanol–water partition coefficient (Wildman–Crippen LogP) is 7.76. The van der Waals surface area contributed by atoms with E-state index in [1.807, 2.05) is 4.90 Å². The highest BCUT2D eigenvalue weighted by Crippen LogP contribution is 2.14. The fraction of sp³-hybridized carbons (Fsp3) is 0.919. The first-order valence-corrected chi connectivity index (χ1v) is 19.2. The molecule has 8 nitrogen and oxygen atoms in total. The standard InChI is InChI=1S/C37H76N6O2/c1-4-6-8-10-12-14-16-17-19-21-23-25-32-43(31-24-22-20-18-15-13-11-9-7-5-2)37(45)35(40)28-30-42-36(44)34(39)27-26-29-41-33(3)38/h34-35H,4-32,39-40H2,1-3H3,(H2,38,41)(H,42,44). The average Bonchev–Trinajstić information content (AvgIpc) is 3.02. The lowest BCUT2D eigenvalue weighted by atomic mass is 10.0. The summed E-state index contributed by atoms with van der Waals surface area (Å²) < 4.78 is 0. The number of nitrogens with two attached hydrogens (primary N) is 3. The van der Waals surface area contributed by atoms with E-state index in [1.165, 1.54) is 116 Å². The fourth-order valence-electron chi connectivity index (χ4n) is 5.80. The van der Waals surface area contributed by atoms with E-state index >= 15 is 0 Å². The number of rotatable bonds is 33. The first-order chi connectivity index (χ1) is 21.8. The molecule has 8 heteroatoms. The molecule has 0 aromatic carbocycles. The molecule has 0 fully saturated rings. The number of nitrogens with one attached hydrogen (secondary N) is 1. The Labute approximate surface area is 278 Å². The molecule has 2 atom stereocenters. The summed E-state index contributed by atoms with van der Waals surface area (Å²) in [4.78, 5) is 31.9. The molecule has 0 radical (unpaired) electrons. The number of amides is 2. The molecule has 0 saturated heterocycles. The van der Waals surface area contributed by atoms with Crippen LogP contribution >= 0.6 is 0 Å². The van der Waals surface area contributed by atoms with Crippen LogP contribution in [0.25, 0.3) is 0 Å². The minimum absolute atomic E-state index is 0.0163. The van der Waals surface area contributed by atoms with Crippen molar-refractivity contribution in [2.24, 2.45) is 22.2 Å². The van der Waals surface area contributed by atoms with Crippen LogP contribution in [0.5, 0.6) is 0 Å². The van der Waals surface area contributed by atoms with Gasteiger partial charge >= 0.3 is 0 Å².